The molecular formula is C72H121NO8. The lowest BCUT2D eigenvalue weighted by atomic mass is 9.99. The highest BCUT2D eigenvalue weighted by Crippen LogP contribution is 2.23. The van der Waals surface area contributed by atoms with Crippen LogP contribution in [0.2, 0.25) is 0 Å². The van der Waals surface area contributed by atoms with Gasteiger partial charge in [0.15, 0.2) is 6.29 Å². The number of allylic oxidation sites excluding steroid dienone is 21. The zero-order valence-electron chi connectivity index (χ0n) is 51.5. The minimum atomic E-state index is -1.59. The molecule has 462 valence electrons. The van der Waals surface area contributed by atoms with Crippen molar-refractivity contribution in [3.8, 4) is 0 Å². The first-order chi connectivity index (χ1) is 39.8. The lowest BCUT2D eigenvalue weighted by Crippen LogP contribution is -2.60. The van der Waals surface area contributed by atoms with Crippen molar-refractivity contribution in [2.45, 2.75) is 301 Å². The lowest BCUT2D eigenvalue weighted by molar-refractivity contribution is -0.302. The topological polar surface area (TPSA) is 149 Å². The second kappa shape index (κ2) is 59.5. The summed E-state index contributed by atoms with van der Waals surface area (Å²) in [5, 5.41) is 54.6. The van der Waals surface area contributed by atoms with Crippen LogP contribution in [0.15, 0.2) is 134 Å². The van der Waals surface area contributed by atoms with E-state index in [1.807, 2.05) is 6.08 Å². The highest BCUT2D eigenvalue weighted by molar-refractivity contribution is 5.76. The molecule has 1 rings (SSSR count). The number of hydrogen-bond acceptors (Lipinski definition) is 8. The first kappa shape index (κ1) is 75.3. The molecule has 9 nitrogen and oxygen atoms in total. The van der Waals surface area contributed by atoms with Crippen LogP contribution in [-0.4, -0.2) is 87.5 Å². The normalized spacial score (nSPS) is 19.3. The van der Waals surface area contributed by atoms with Crippen molar-refractivity contribution in [2.24, 2.45) is 0 Å². The van der Waals surface area contributed by atoms with Crippen LogP contribution < -0.4 is 5.32 Å². The number of amides is 1. The molecule has 1 fully saturated rings. The Morgan fingerprint density at radius 3 is 1.19 bits per heavy atom. The molecular weight excluding hydrogens is 1010 g/mol. The van der Waals surface area contributed by atoms with Crippen LogP contribution in [0.5, 0.6) is 0 Å². The molecule has 1 amide bonds. The van der Waals surface area contributed by atoms with Crippen LogP contribution in [0.3, 0.4) is 0 Å². The summed E-state index contributed by atoms with van der Waals surface area (Å²) >= 11 is 0. The Balaban J connectivity index is 2.24. The molecule has 7 atom stereocenters. The summed E-state index contributed by atoms with van der Waals surface area (Å²) in [5.41, 5.74) is 0. The van der Waals surface area contributed by atoms with Gasteiger partial charge in [0.1, 0.15) is 24.4 Å². The number of unbranched alkanes of at least 4 members (excludes halogenated alkanes) is 25. The first-order valence-electron chi connectivity index (χ1n) is 32.9. The van der Waals surface area contributed by atoms with Crippen molar-refractivity contribution >= 4 is 5.91 Å². The molecule has 0 bridgehead atoms. The Hall–Kier alpha value is -3.67. The molecule has 1 saturated heterocycles. The van der Waals surface area contributed by atoms with E-state index < -0.39 is 49.5 Å². The maximum Gasteiger partial charge on any atom is 0.220 e. The van der Waals surface area contributed by atoms with E-state index in [1.54, 1.807) is 6.08 Å². The molecule has 0 aromatic carbocycles. The van der Waals surface area contributed by atoms with Crippen molar-refractivity contribution < 1.29 is 39.8 Å². The molecule has 0 saturated carbocycles. The third kappa shape index (κ3) is 48.4. The Morgan fingerprint density at radius 1 is 0.432 bits per heavy atom. The van der Waals surface area contributed by atoms with Crippen molar-refractivity contribution in [3.63, 3.8) is 0 Å². The van der Waals surface area contributed by atoms with Gasteiger partial charge in [-0.3, -0.25) is 4.79 Å². The summed E-state index contributed by atoms with van der Waals surface area (Å²) in [5.74, 6) is -0.209. The van der Waals surface area contributed by atoms with Crippen LogP contribution in [-0.2, 0) is 14.3 Å². The Labute approximate surface area is 496 Å². The molecule has 1 aliphatic heterocycles. The standard InChI is InChI=1S/C72H121NO8/c1-3-5-7-9-11-13-15-17-19-21-23-25-27-29-30-31-32-33-34-35-36-38-40-42-44-46-48-50-52-54-56-58-60-62-68(76)73-65(64-80-72-71(79)70(78)69(77)67(63-74)81-72)66(75)61-59-57-55-53-51-49-47-45-43-41-39-37-28-26-24-22-20-18-16-14-12-10-8-6-4-2/h5,7,11,13,17,19,23,25,29-30,32-33,35-36,40,42,46,48,51,53,59,61,65-67,69-72,74-75,77-79H,3-4,6,8-10,12,14-16,18,20-22,24,26-28,31,34,37-39,41,43-45,47,49-50,52,54-58,60,62-64H2,1-2H3,(H,73,76)/b7-5-,13-11-,19-17-,25-23-,30-29-,33-32-,36-35-,42-40-,48-46-,53-51+,61-59+. The fraction of sp³-hybridized carbons (Fsp3) is 0.681. The van der Waals surface area contributed by atoms with E-state index in [2.05, 4.69) is 141 Å². The molecule has 0 aliphatic carbocycles. The monoisotopic (exact) mass is 1130 g/mol. The minimum absolute atomic E-state index is 0.209. The average Bonchev–Trinajstić information content (AvgIpc) is 3.50. The van der Waals surface area contributed by atoms with E-state index in [0.29, 0.717) is 6.42 Å². The minimum Gasteiger partial charge on any atom is -0.394 e. The zero-order chi connectivity index (χ0) is 58.6. The van der Waals surface area contributed by atoms with Crippen LogP contribution in [0, 0.1) is 0 Å². The molecule has 6 N–H and O–H groups in total. The molecule has 9 heteroatoms. The average molecular weight is 1130 g/mol. The van der Waals surface area contributed by atoms with Crippen molar-refractivity contribution in [2.75, 3.05) is 13.2 Å². The van der Waals surface area contributed by atoms with Gasteiger partial charge in [0.25, 0.3) is 0 Å². The molecule has 1 aliphatic rings. The van der Waals surface area contributed by atoms with Gasteiger partial charge in [0.05, 0.1) is 25.4 Å². The third-order valence-electron chi connectivity index (χ3n) is 14.7. The van der Waals surface area contributed by atoms with E-state index >= 15 is 0 Å². The number of nitrogens with one attached hydrogen (secondary N) is 1. The van der Waals surface area contributed by atoms with E-state index in [-0.39, 0.29) is 12.5 Å². The predicted octanol–water partition coefficient (Wildman–Crippen LogP) is 17.6. The van der Waals surface area contributed by atoms with Gasteiger partial charge in [-0.15, -0.1) is 0 Å². The predicted molar refractivity (Wildman–Crippen MR) is 345 cm³/mol. The summed E-state index contributed by atoms with van der Waals surface area (Å²) < 4.78 is 11.3. The van der Waals surface area contributed by atoms with Crippen LogP contribution in [0.1, 0.15) is 258 Å². The van der Waals surface area contributed by atoms with Gasteiger partial charge >= 0.3 is 0 Å². The number of carbonyl (C=O) groups excluding carboxylic acids is 1. The second-order valence-corrected chi connectivity index (χ2v) is 22.2. The number of hydrogen-bond donors (Lipinski definition) is 6. The van der Waals surface area contributed by atoms with Crippen LogP contribution in [0.25, 0.3) is 0 Å². The lowest BCUT2D eigenvalue weighted by Gasteiger charge is -2.40. The van der Waals surface area contributed by atoms with Gasteiger partial charge in [-0.2, -0.15) is 0 Å². The molecule has 0 radical (unpaired) electrons. The molecule has 0 aromatic heterocycles. The van der Waals surface area contributed by atoms with Crippen molar-refractivity contribution in [3.05, 3.63) is 134 Å². The van der Waals surface area contributed by atoms with Gasteiger partial charge in [0, 0.05) is 6.42 Å². The number of aliphatic hydroxyl groups excluding tert-OH is 5. The summed E-state index contributed by atoms with van der Waals surface area (Å²) in [6.45, 7) is 3.65. The van der Waals surface area contributed by atoms with Crippen LogP contribution >= 0.6 is 0 Å². The Kier molecular flexibility index (Phi) is 55.3. The maximum absolute atomic E-state index is 13.1. The largest absolute Gasteiger partial charge is 0.394 e. The quantitative estimate of drug-likeness (QED) is 0.0261. The number of rotatable bonds is 55. The zero-order valence-corrected chi connectivity index (χ0v) is 51.5. The van der Waals surface area contributed by atoms with Crippen molar-refractivity contribution in [1.82, 2.24) is 5.32 Å². The van der Waals surface area contributed by atoms with Crippen molar-refractivity contribution in [1.29, 1.82) is 0 Å². The summed E-state index contributed by atoms with van der Waals surface area (Å²) in [7, 11) is 0. The SMILES string of the molecule is CC/C=C\C/C=C\C/C=C\C/C=C\C/C=C\C/C=C\C/C=C\C/C=C\C/C=C\CCCCCCCC(=O)NC(COC1OC(CO)C(O)C(O)C1O)C(O)/C=C/CC/C=C/CCCCCCCCCCCCCCCCCCCCC. The molecule has 0 aromatic rings. The fourth-order valence-corrected chi connectivity index (χ4v) is 9.58. The fourth-order valence-electron chi connectivity index (χ4n) is 9.58. The summed E-state index contributed by atoms with van der Waals surface area (Å²) in [6.07, 6.45) is 83.9. The van der Waals surface area contributed by atoms with Gasteiger partial charge in [-0.05, 0) is 103 Å². The van der Waals surface area contributed by atoms with E-state index in [4.69, 9.17) is 9.47 Å². The smallest absolute Gasteiger partial charge is 0.220 e. The van der Waals surface area contributed by atoms with E-state index in [0.717, 1.165) is 116 Å². The van der Waals surface area contributed by atoms with E-state index in [9.17, 15) is 30.3 Å². The Morgan fingerprint density at radius 2 is 0.778 bits per heavy atom. The summed E-state index contributed by atoms with van der Waals surface area (Å²) in [4.78, 5) is 13.1. The molecule has 81 heavy (non-hydrogen) atoms. The molecule has 7 unspecified atom stereocenters. The van der Waals surface area contributed by atoms with E-state index in [1.165, 1.54) is 122 Å². The molecule has 0 spiro atoms. The van der Waals surface area contributed by atoms with Gasteiger partial charge in [0.2, 0.25) is 5.91 Å². The number of carbonyl (C=O) groups is 1. The van der Waals surface area contributed by atoms with Gasteiger partial charge in [-0.25, -0.2) is 0 Å². The second-order valence-electron chi connectivity index (χ2n) is 22.2. The van der Waals surface area contributed by atoms with Gasteiger partial charge < -0.3 is 40.3 Å². The first-order valence-corrected chi connectivity index (χ1v) is 32.9. The highest BCUT2D eigenvalue weighted by atomic mass is 16.7. The van der Waals surface area contributed by atoms with Crippen LogP contribution in [0.4, 0.5) is 0 Å². The Bertz CT molecular complexity index is 1740. The third-order valence-corrected chi connectivity index (χ3v) is 14.7. The number of aliphatic hydroxyl groups is 5. The number of ether oxygens (including phenoxy) is 2. The maximum atomic E-state index is 13.1. The summed E-state index contributed by atoms with van der Waals surface area (Å²) in [6, 6.07) is -0.844. The highest BCUT2D eigenvalue weighted by Gasteiger charge is 2.44. The molecule has 1 heterocycles. The van der Waals surface area contributed by atoms with Gasteiger partial charge in [-0.1, -0.05) is 282 Å².